The van der Waals surface area contributed by atoms with E-state index in [1.807, 2.05) is 0 Å². The minimum Gasteiger partial charge on any atom is -0.508 e. The minimum atomic E-state index is -1.51. The van der Waals surface area contributed by atoms with Gasteiger partial charge in [0.2, 0.25) is 17.7 Å². The van der Waals surface area contributed by atoms with Crippen LogP contribution < -0.4 is 21.7 Å². The average molecular weight is 476 g/mol. The normalized spacial score (nSPS) is 14.3. The van der Waals surface area contributed by atoms with Gasteiger partial charge >= 0.3 is 5.97 Å². The van der Waals surface area contributed by atoms with E-state index in [-0.39, 0.29) is 25.1 Å². The van der Waals surface area contributed by atoms with Crippen molar-refractivity contribution >= 4 is 23.7 Å². The molecule has 184 valence electrons. The zero-order valence-electron chi connectivity index (χ0n) is 18.4. The molecule has 1 aromatic carbocycles. The van der Waals surface area contributed by atoms with Crippen LogP contribution in [0.1, 0.15) is 18.2 Å². The Bertz CT molecular complexity index is 978. The molecule has 13 nitrogen and oxygen atoms in total. The first-order chi connectivity index (χ1) is 16.1. The quantitative estimate of drug-likeness (QED) is 0.166. The molecule has 0 aliphatic heterocycles. The molecular formula is C21H28N6O7. The van der Waals surface area contributed by atoms with Crippen molar-refractivity contribution < 1.29 is 34.5 Å². The van der Waals surface area contributed by atoms with Crippen molar-refractivity contribution in [3.05, 3.63) is 48.0 Å². The third-order valence-electron chi connectivity index (χ3n) is 4.87. The van der Waals surface area contributed by atoms with Crippen LogP contribution in [0.15, 0.2) is 36.8 Å². The first-order valence-electron chi connectivity index (χ1n) is 10.4. The number of aliphatic hydroxyl groups excluding tert-OH is 1. The van der Waals surface area contributed by atoms with Gasteiger partial charge in [0.1, 0.15) is 23.9 Å². The van der Waals surface area contributed by atoms with Crippen molar-refractivity contribution in [1.29, 1.82) is 0 Å². The van der Waals surface area contributed by atoms with Crippen LogP contribution in [0.3, 0.4) is 0 Å². The summed E-state index contributed by atoms with van der Waals surface area (Å²) in [6.45, 7) is 0.871. The summed E-state index contributed by atoms with van der Waals surface area (Å²) in [7, 11) is 0. The lowest BCUT2D eigenvalue weighted by atomic mass is 10.0. The van der Waals surface area contributed by atoms with E-state index in [9.17, 15) is 34.5 Å². The summed E-state index contributed by atoms with van der Waals surface area (Å²) in [6, 6.07) is 1.91. The predicted octanol–water partition coefficient (Wildman–Crippen LogP) is -2.22. The second kappa shape index (κ2) is 12.3. The maximum Gasteiger partial charge on any atom is 0.326 e. The van der Waals surface area contributed by atoms with Crippen molar-refractivity contribution in [3.8, 4) is 5.75 Å². The molecule has 4 unspecified atom stereocenters. The minimum absolute atomic E-state index is 0.00355. The molecule has 1 heterocycles. The summed E-state index contributed by atoms with van der Waals surface area (Å²) in [5.41, 5.74) is 6.38. The number of hydrogen-bond donors (Lipinski definition) is 8. The molecule has 0 aliphatic carbocycles. The van der Waals surface area contributed by atoms with Gasteiger partial charge in [0.15, 0.2) is 0 Å². The number of aromatic amines is 1. The molecule has 3 amide bonds. The van der Waals surface area contributed by atoms with Gasteiger partial charge in [0.05, 0.1) is 19.0 Å². The fraction of sp³-hybridized carbons (Fsp3) is 0.381. The van der Waals surface area contributed by atoms with Gasteiger partial charge in [-0.1, -0.05) is 12.1 Å². The monoisotopic (exact) mass is 476 g/mol. The van der Waals surface area contributed by atoms with Crippen molar-refractivity contribution in [3.63, 3.8) is 0 Å². The number of carboxylic acid groups (broad SMARTS) is 1. The Morgan fingerprint density at radius 3 is 2.24 bits per heavy atom. The van der Waals surface area contributed by atoms with Gasteiger partial charge in [0.25, 0.3) is 0 Å². The van der Waals surface area contributed by atoms with Crippen LogP contribution in [0.2, 0.25) is 0 Å². The number of phenols is 1. The zero-order valence-corrected chi connectivity index (χ0v) is 18.4. The van der Waals surface area contributed by atoms with E-state index < -0.39 is 47.9 Å². The molecule has 0 saturated heterocycles. The molecular weight excluding hydrogens is 448 g/mol. The van der Waals surface area contributed by atoms with E-state index in [0.29, 0.717) is 11.3 Å². The number of rotatable bonds is 12. The number of H-pyrrole nitrogens is 1. The summed E-state index contributed by atoms with van der Waals surface area (Å²) < 4.78 is 0. The van der Waals surface area contributed by atoms with E-state index in [4.69, 9.17) is 5.73 Å². The van der Waals surface area contributed by atoms with Gasteiger partial charge in [-0.15, -0.1) is 0 Å². The van der Waals surface area contributed by atoms with Crippen LogP contribution >= 0.6 is 0 Å². The van der Waals surface area contributed by atoms with Crippen LogP contribution in [0, 0.1) is 0 Å². The fourth-order valence-electron chi connectivity index (χ4n) is 3.07. The van der Waals surface area contributed by atoms with Crippen molar-refractivity contribution in [2.24, 2.45) is 5.73 Å². The highest BCUT2D eigenvalue weighted by Gasteiger charge is 2.32. The number of carboxylic acids is 1. The maximum absolute atomic E-state index is 12.9. The van der Waals surface area contributed by atoms with Crippen molar-refractivity contribution in [2.45, 2.75) is 44.0 Å². The van der Waals surface area contributed by atoms with Crippen LogP contribution in [0.4, 0.5) is 0 Å². The summed E-state index contributed by atoms with van der Waals surface area (Å²) in [5.74, 6) is -3.65. The number of hydrogen-bond acceptors (Lipinski definition) is 8. The Kier molecular flexibility index (Phi) is 9.52. The highest BCUT2D eigenvalue weighted by Crippen LogP contribution is 2.12. The number of aliphatic carboxylic acids is 1. The third kappa shape index (κ3) is 7.86. The maximum atomic E-state index is 12.9. The zero-order chi connectivity index (χ0) is 25.3. The number of carbonyl (C=O) groups is 4. The number of aliphatic hydroxyl groups is 1. The second-order valence-electron chi connectivity index (χ2n) is 7.60. The molecule has 13 heteroatoms. The predicted molar refractivity (Wildman–Crippen MR) is 118 cm³/mol. The molecule has 0 spiro atoms. The number of nitrogens with one attached hydrogen (secondary N) is 4. The van der Waals surface area contributed by atoms with E-state index >= 15 is 0 Å². The Labute approximate surface area is 194 Å². The summed E-state index contributed by atoms with van der Waals surface area (Å²) >= 11 is 0. The number of aromatic hydroxyl groups is 1. The van der Waals surface area contributed by atoms with Gasteiger partial charge in [-0.3, -0.25) is 14.4 Å². The number of nitrogens with zero attached hydrogens (tertiary/aromatic N) is 1. The number of carbonyl (C=O) groups excluding carboxylic acids is 3. The van der Waals surface area contributed by atoms with Crippen molar-refractivity contribution in [1.82, 2.24) is 25.9 Å². The Balaban J connectivity index is 2.14. The largest absolute Gasteiger partial charge is 0.508 e. The van der Waals surface area contributed by atoms with Gasteiger partial charge in [-0.05, 0) is 24.6 Å². The van der Waals surface area contributed by atoms with Crippen molar-refractivity contribution in [2.75, 3.05) is 6.54 Å². The molecule has 4 atom stereocenters. The van der Waals surface area contributed by atoms with Gasteiger partial charge in [0, 0.05) is 24.7 Å². The van der Waals surface area contributed by atoms with Crippen LogP contribution in [-0.2, 0) is 32.0 Å². The molecule has 0 bridgehead atoms. The summed E-state index contributed by atoms with van der Waals surface area (Å²) in [6.07, 6.45) is 1.29. The summed E-state index contributed by atoms with van der Waals surface area (Å²) in [5, 5.41) is 36.1. The standard InChI is InChI=1S/C21H28N6O7/c1-11(28)18(20(32)26-16(21(33)34)7-13-9-23-10-24-13)27-19(31)15(25-17(30)8-22)6-12-2-4-14(29)5-3-12/h2-5,9-11,15-16,18,28-29H,6-8,22H2,1H3,(H,23,24)(H,25,30)(H,26,32)(H,27,31)(H,33,34). The lowest BCUT2D eigenvalue weighted by Crippen LogP contribution is -2.59. The molecule has 2 aromatic rings. The number of imidazole rings is 1. The molecule has 34 heavy (non-hydrogen) atoms. The average Bonchev–Trinajstić information content (AvgIpc) is 3.30. The van der Waals surface area contributed by atoms with E-state index in [1.165, 1.54) is 31.6 Å². The summed E-state index contributed by atoms with van der Waals surface area (Å²) in [4.78, 5) is 55.6. The smallest absolute Gasteiger partial charge is 0.326 e. The SMILES string of the molecule is CC(O)C(NC(=O)C(Cc1ccc(O)cc1)NC(=O)CN)C(=O)NC(Cc1cnc[nH]1)C(=O)O. The lowest BCUT2D eigenvalue weighted by molar-refractivity contribution is -0.143. The molecule has 2 rings (SSSR count). The highest BCUT2D eigenvalue weighted by atomic mass is 16.4. The molecule has 0 aliphatic rings. The van der Waals surface area contributed by atoms with Gasteiger partial charge < -0.3 is 42.0 Å². The highest BCUT2D eigenvalue weighted by molar-refractivity contribution is 5.94. The Morgan fingerprint density at radius 2 is 1.71 bits per heavy atom. The van der Waals surface area contributed by atoms with Crippen LogP contribution in [0.5, 0.6) is 5.75 Å². The molecule has 0 fully saturated rings. The Morgan fingerprint density at radius 1 is 1.03 bits per heavy atom. The van der Waals surface area contributed by atoms with Crippen LogP contribution in [-0.4, -0.2) is 79.8 Å². The number of amides is 3. The number of benzene rings is 1. The molecule has 0 radical (unpaired) electrons. The first-order valence-corrected chi connectivity index (χ1v) is 10.4. The number of aromatic nitrogens is 2. The molecule has 1 aromatic heterocycles. The third-order valence-corrected chi connectivity index (χ3v) is 4.87. The number of phenolic OH excluding ortho intramolecular Hbond substituents is 1. The topological polar surface area (TPSA) is 220 Å². The van der Waals surface area contributed by atoms with E-state index in [1.54, 1.807) is 12.1 Å². The molecule has 0 saturated carbocycles. The molecule has 9 N–H and O–H groups in total. The Hall–Kier alpha value is -3.97. The van der Waals surface area contributed by atoms with Gasteiger partial charge in [-0.25, -0.2) is 9.78 Å². The van der Waals surface area contributed by atoms with E-state index in [2.05, 4.69) is 25.9 Å². The number of nitrogens with two attached hydrogens (primary N) is 1. The fourth-order valence-corrected chi connectivity index (χ4v) is 3.07. The van der Waals surface area contributed by atoms with Crippen LogP contribution in [0.25, 0.3) is 0 Å². The van der Waals surface area contributed by atoms with E-state index in [0.717, 1.165) is 0 Å². The first kappa shape index (κ1) is 26.3. The second-order valence-corrected chi connectivity index (χ2v) is 7.60. The lowest BCUT2D eigenvalue weighted by Gasteiger charge is -2.26. The van der Waals surface area contributed by atoms with Gasteiger partial charge in [-0.2, -0.15) is 0 Å².